The van der Waals surface area contributed by atoms with Crippen molar-refractivity contribution in [2.45, 2.75) is 106 Å². The topological polar surface area (TPSA) is 40.6 Å². The number of carbonyl (C=O) groups excluding carboxylic acids is 2. The van der Waals surface area contributed by atoms with Crippen molar-refractivity contribution in [1.82, 2.24) is 9.80 Å². The molecular formula is C26H44N2O2. The predicted molar refractivity (Wildman–Crippen MR) is 127 cm³/mol. The second kappa shape index (κ2) is 8.36. The standard InChI is InChI=1S/C15H28N2O2.C11H16/c1-10-11(18)17(14(5,6)7)15(8,13(2,3)4)12(19)16(10)9;1-9-5-7-10(8-6-9)11(2,3)4/h10H,1-9H3;5-8H,1-4H3/t10-,15-;/m0./s1. The van der Waals surface area contributed by atoms with Gasteiger partial charge in [-0.25, -0.2) is 0 Å². The summed E-state index contributed by atoms with van der Waals surface area (Å²) in [5.41, 5.74) is 1.48. The van der Waals surface area contributed by atoms with Gasteiger partial charge in [-0.3, -0.25) is 9.59 Å². The van der Waals surface area contributed by atoms with E-state index >= 15 is 0 Å². The monoisotopic (exact) mass is 416 g/mol. The quantitative estimate of drug-likeness (QED) is 0.554. The summed E-state index contributed by atoms with van der Waals surface area (Å²) in [5, 5.41) is 0. The van der Waals surface area contributed by atoms with E-state index in [9.17, 15) is 9.59 Å². The van der Waals surface area contributed by atoms with Gasteiger partial charge in [-0.1, -0.05) is 71.4 Å². The van der Waals surface area contributed by atoms with Crippen molar-refractivity contribution in [3.63, 3.8) is 0 Å². The Bertz CT molecular complexity index is 760. The number of carbonyl (C=O) groups is 2. The molecule has 1 heterocycles. The molecule has 2 amide bonds. The van der Waals surface area contributed by atoms with E-state index in [2.05, 4.69) is 52.0 Å². The third kappa shape index (κ3) is 5.07. The smallest absolute Gasteiger partial charge is 0.249 e. The van der Waals surface area contributed by atoms with Gasteiger partial charge in [0.2, 0.25) is 11.8 Å². The van der Waals surface area contributed by atoms with Crippen LogP contribution in [0.25, 0.3) is 0 Å². The van der Waals surface area contributed by atoms with E-state index < -0.39 is 11.6 Å². The molecule has 1 aliphatic heterocycles. The van der Waals surface area contributed by atoms with Gasteiger partial charge in [-0.15, -0.1) is 0 Å². The molecular weight excluding hydrogens is 372 g/mol. The number of amides is 2. The van der Waals surface area contributed by atoms with Crippen LogP contribution in [0.1, 0.15) is 87.3 Å². The summed E-state index contributed by atoms with van der Waals surface area (Å²) >= 11 is 0. The summed E-state index contributed by atoms with van der Waals surface area (Å²) in [7, 11) is 1.72. The molecule has 0 spiro atoms. The molecule has 0 aliphatic carbocycles. The molecule has 170 valence electrons. The van der Waals surface area contributed by atoms with Crippen LogP contribution in [0.5, 0.6) is 0 Å². The lowest BCUT2D eigenvalue weighted by Gasteiger charge is -2.59. The van der Waals surface area contributed by atoms with Gasteiger partial charge in [0.1, 0.15) is 11.6 Å². The van der Waals surface area contributed by atoms with Crippen LogP contribution in [0.2, 0.25) is 0 Å². The number of piperazine rings is 1. The highest BCUT2D eigenvalue weighted by Gasteiger charge is 2.59. The number of hydrogen-bond acceptors (Lipinski definition) is 2. The first-order valence-corrected chi connectivity index (χ1v) is 10.9. The zero-order valence-electron chi connectivity index (χ0n) is 21.6. The SMILES string of the molecule is C[C@H]1C(=O)N(C(C)(C)C)[C@](C)(C(C)(C)C)C(=O)N1C.Cc1ccc(C(C)(C)C)cc1. The van der Waals surface area contributed by atoms with Crippen LogP contribution in [-0.2, 0) is 15.0 Å². The molecule has 30 heavy (non-hydrogen) atoms. The molecule has 1 aliphatic rings. The largest absolute Gasteiger partial charge is 0.332 e. The Balaban J connectivity index is 0.000000346. The minimum Gasteiger partial charge on any atom is -0.332 e. The van der Waals surface area contributed by atoms with Gasteiger partial charge >= 0.3 is 0 Å². The van der Waals surface area contributed by atoms with Gasteiger partial charge in [-0.05, 0) is 57.9 Å². The fourth-order valence-electron chi connectivity index (χ4n) is 3.90. The average Bonchev–Trinajstić information content (AvgIpc) is 2.56. The molecule has 4 nitrogen and oxygen atoms in total. The van der Waals surface area contributed by atoms with Gasteiger partial charge in [0, 0.05) is 12.6 Å². The van der Waals surface area contributed by atoms with Crippen LogP contribution in [-0.4, -0.2) is 45.8 Å². The van der Waals surface area contributed by atoms with E-state index in [0.29, 0.717) is 0 Å². The Hall–Kier alpha value is -1.84. The first-order valence-electron chi connectivity index (χ1n) is 10.9. The van der Waals surface area contributed by atoms with Crippen molar-refractivity contribution in [3.8, 4) is 0 Å². The van der Waals surface area contributed by atoms with E-state index in [1.807, 2.05) is 48.5 Å². The van der Waals surface area contributed by atoms with Crippen molar-refractivity contribution in [3.05, 3.63) is 35.4 Å². The van der Waals surface area contributed by atoms with Crippen LogP contribution < -0.4 is 0 Å². The number of benzene rings is 1. The lowest BCUT2D eigenvalue weighted by molar-refractivity contribution is -0.184. The zero-order chi connectivity index (χ0) is 23.9. The van der Waals surface area contributed by atoms with Gasteiger partial charge in [0.05, 0.1) is 0 Å². The zero-order valence-corrected chi connectivity index (χ0v) is 21.6. The van der Waals surface area contributed by atoms with Crippen molar-refractivity contribution in [2.24, 2.45) is 5.41 Å². The van der Waals surface area contributed by atoms with E-state index in [4.69, 9.17) is 0 Å². The summed E-state index contributed by atoms with van der Waals surface area (Å²) in [6.45, 7) is 24.5. The molecule has 2 atom stereocenters. The van der Waals surface area contributed by atoms with Crippen LogP contribution in [0.3, 0.4) is 0 Å². The molecule has 1 saturated heterocycles. The lowest BCUT2D eigenvalue weighted by atomic mass is 9.69. The number of rotatable bonds is 0. The van der Waals surface area contributed by atoms with Crippen LogP contribution in [0.15, 0.2) is 24.3 Å². The van der Waals surface area contributed by atoms with Gasteiger partial charge in [0.25, 0.3) is 0 Å². The van der Waals surface area contributed by atoms with Crippen LogP contribution in [0.4, 0.5) is 0 Å². The first-order chi connectivity index (χ1) is 13.3. The number of likely N-dealkylation sites (N-methyl/N-ethyl adjacent to an activating group) is 1. The Morgan fingerprint density at radius 3 is 1.63 bits per heavy atom. The Kier molecular flexibility index (Phi) is 7.30. The third-order valence-corrected chi connectivity index (χ3v) is 6.39. The van der Waals surface area contributed by atoms with Gasteiger partial charge in [-0.2, -0.15) is 0 Å². The van der Waals surface area contributed by atoms with Crippen molar-refractivity contribution < 1.29 is 9.59 Å². The molecule has 0 bridgehead atoms. The predicted octanol–water partition coefficient (Wildman–Crippen LogP) is 5.57. The fraction of sp³-hybridized carbons (Fsp3) is 0.692. The number of nitrogens with zero attached hydrogens (tertiary/aromatic N) is 2. The minimum atomic E-state index is -0.830. The molecule has 0 unspecified atom stereocenters. The maximum Gasteiger partial charge on any atom is 0.249 e. The Morgan fingerprint density at radius 1 is 0.867 bits per heavy atom. The van der Waals surface area contributed by atoms with E-state index in [-0.39, 0.29) is 28.2 Å². The molecule has 1 fully saturated rings. The summed E-state index contributed by atoms with van der Waals surface area (Å²) in [6.07, 6.45) is 0. The highest BCUT2D eigenvalue weighted by Crippen LogP contribution is 2.44. The maximum atomic E-state index is 12.8. The fourth-order valence-corrected chi connectivity index (χ4v) is 3.90. The molecule has 0 saturated carbocycles. The van der Waals surface area contributed by atoms with Crippen LogP contribution >= 0.6 is 0 Å². The number of hydrogen-bond donors (Lipinski definition) is 0. The first kappa shape index (κ1) is 26.2. The second-order valence-corrected chi connectivity index (χ2v) is 11.9. The lowest BCUT2D eigenvalue weighted by Crippen LogP contribution is -2.76. The molecule has 0 radical (unpaired) electrons. The second-order valence-electron chi connectivity index (χ2n) is 11.9. The number of aryl methyl sites for hydroxylation is 1. The summed E-state index contributed by atoms with van der Waals surface area (Å²) in [5.74, 6) is 0.0362. The van der Waals surface area contributed by atoms with E-state index in [1.54, 1.807) is 23.8 Å². The Morgan fingerprint density at radius 2 is 1.30 bits per heavy atom. The van der Waals surface area contributed by atoms with Crippen LogP contribution in [0, 0.1) is 12.3 Å². The Labute approximate surface area is 185 Å². The van der Waals surface area contributed by atoms with E-state index in [0.717, 1.165) is 0 Å². The average molecular weight is 417 g/mol. The molecule has 4 heteroatoms. The van der Waals surface area contributed by atoms with Crippen molar-refractivity contribution in [2.75, 3.05) is 7.05 Å². The van der Waals surface area contributed by atoms with E-state index in [1.165, 1.54) is 11.1 Å². The summed E-state index contributed by atoms with van der Waals surface area (Å²) in [4.78, 5) is 28.9. The summed E-state index contributed by atoms with van der Waals surface area (Å²) in [6, 6.07) is 8.34. The third-order valence-electron chi connectivity index (χ3n) is 6.39. The van der Waals surface area contributed by atoms with Gasteiger partial charge in [0.15, 0.2) is 0 Å². The minimum absolute atomic E-state index is 0.0158. The molecule has 0 N–H and O–H groups in total. The molecule has 0 aromatic heterocycles. The highest BCUT2D eigenvalue weighted by atomic mass is 16.2. The summed E-state index contributed by atoms with van der Waals surface area (Å²) < 4.78 is 0. The molecule has 1 aromatic rings. The van der Waals surface area contributed by atoms with Gasteiger partial charge < -0.3 is 9.80 Å². The van der Waals surface area contributed by atoms with Crippen molar-refractivity contribution >= 4 is 11.8 Å². The normalized spacial score (nSPS) is 23.3. The molecule has 1 aromatic carbocycles. The highest BCUT2D eigenvalue weighted by molar-refractivity contribution is 6.00. The molecule has 2 rings (SSSR count). The maximum absolute atomic E-state index is 12.8. The van der Waals surface area contributed by atoms with Crippen molar-refractivity contribution in [1.29, 1.82) is 0 Å².